The Morgan fingerprint density at radius 2 is 2.21 bits per heavy atom. The molecule has 0 aromatic rings. The number of nitrogens with zero attached hydrogens (tertiary/aromatic N) is 1. The largest absolute Gasteiger partial charge is 0.460 e. The zero-order valence-corrected chi connectivity index (χ0v) is 11.4. The summed E-state index contributed by atoms with van der Waals surface area (Å²) in [6.07, 6.45) is 0.558. The smallest absolute Gasteiger partial charge is 0.410 e. The number of cyclic esters (lactones) is 1. The van der Waals surface area contributed by atoms with Crippen molar-refractivity contribution in [1.82, 2.24) is 4.90 Å². The summed E-state index contributed by atoms with van der Waals surface area (Å²) in [5.41, 5.74) is -0.548. The van der Waals surface area contributed by atoms with Crippen LogP contribution in [0.2, 0.25) is 0 Å². The summed E-state index contributed by atoms with van der Waals surface area (Å²) in [4.78, 5) is 35.9. The molecule has 3 atom stereocenters. The molecule has 2 aliphatic heterocycles. The topological polar surface area (TPSA) is 72.9 Å². The minimum Gasteiger partial charge on any atom is -0.460 e. The summed E-state index contributed by atoms with van der Waals surface area (Å²) in [6, 6.07) is -0.185. The van der Waals surface area contributed by atoms with Crippen LogP contribution in [-0.2, 0) is 19.1 Å². The van der Waals surface area contributed by atoms with E-state index < -0.39 is 11.7 Å². The Hall–Kier alpha value is -1.59. The van der Waals surface area contributed by atoms with Gasteiger partial charge in [-0.25, -0.2) is 4.79 Å². The summed E-state index contributed by atoms with van der Waals surface area (Å²) in [5.74, 6) is -0.866. The van der Waals surface area contributed by atoms with E-state index in [1.54, 1.807) is 20.8 Å². The number of rotatable bonds is 3. The lowest BCUT2D eigenvalue weighted by Crippen LogP contribution is -2.33. The van der Waals surface area contributed by atoms with E-state index in [1.807, 2.05) is 0 Å². The van der Waals surface area contributed by atoms with Crippen LogP contribution < -0.4 is 0 Å². The Morgan fingerprint density at radius 3 is 2.79 bits per heavy atom. The number of hydrogen-bond acceptors (Lipinski definition) is 5. The van der Waals surface area contributed by atoms with Crippen molar-refractivity contribution < 1.29 is 23.9 Å². The molecular formula is C13H19NO5. The van der Waals surface area contributed by atoms with Gasteiger partial charge in [-0.05, 0) is 20.8 Å². The predicted octanol–water partition coefficient (Wildman–Crippen LogP) is 0.984. The maximum atomic E-state index is 11.9. The highest BCUT2D eigenvalue weighted by atomic mass is 16.6. The van der Waals surface area contributed by atoms with Crippen molar-refractivity contribution in [1.29, 1.82) is 0 Å². The molecule has 0 aromatic carbocycles. The minimum atomic E-state index is -0.548. The molecule has 0 saturated carbocycles. The summed E-state index contributed by atoms with van der Waals surface area (Å²) >= 11 is 0. The van der Waals surface area contributed by atoms with Crippen LogP contribution >= 0.6 is 0 Å². The number of fused-ring (bicyclic) bond motifs is 1. The Kier molecular flexibility index (Phi) is 3.52. The van der Waals surface area contributed by atoms with Crippen molar-refractivity contribution in [3.05, 3.63) is 0 Å². The molecule has 2 fully saturated rings. The molecule has 6 heteroatoms. The lowest BCUT2D eigenvalue weighted by atomic mass is 9.89. The van der Waals surface area contributed by atoms with E-state index in [1.165, 1.54) is 4.90 Å². The van der Waals surface area contributed by atoms with Gasteiger partial charge in [-0.3, -0.25) is 4.79 Å². The van der Waals surface area contributed by atoms with Gasteiger partial charge in [0.25, 0.3) is 0 Å². The zero-order chi connectivity index (χ0) is 14.2. The van der Waals surface area contributed by atoms with E-state index in [0.29, 0.717) is 6.54 Å². The van der Waals surface area contributed by atoms with E-state index in [4.69, 9.17) is 9.47 Å². The molecule has 0 N–H and O–H groups in total. The van der Waals surface area contributed by atoms with Crippen LogP contribution in [0.25, 0.3) is 0 Å². The molecule has 1 amide bonds. The molecule has 106 valence electrons. The molecule has 0 spiro atoms. The van der Waals surface area contributed by atoms with Gasteiger partial charge in [0.05, 0.1) is 12.5 Å². The predicted molar refractivity (Wildman–Crippen MR) is 65.3 cm³/mol. The third kappa shape index (κ3) is 2.88. The Balaban J connectivity index is 2.03. The molecule has 6 nitrogen and oxygen atoms in total. The Bertz CT molecular complexity index is 400. The van der Waals surface area contributed by atoms with Gasteiger partial charge in [0.2, 0.25) is 0 Å². The van der Waals surface area contributed by atoms with Crippen LogP contribution in [-0.4, -0.2) is 48.0 Å². The second-order valence-electron chi connectivity index (χ2n) is 6.05. The quantitative estimate of drug-likeness (QED) is 0.564. The van der Waals surface area contributed by atoms with Crippen LogP contribution in [0.15, 0.2) is 0 Å². The highest BCUT2D eigenvalue weighted by Crippen LogP contribution is 2.35. The van der Waals surface area contributed by atoms with E-state index >= 15 is 0 Å². The standard InChI is InChI=1S/C13H19NO5/c1-13(2,3)19-11(16)4-9-8(6-15)5-14-10(9)7-18-12(14)17/h6,8-10H,4-5,7H2,1-3H3/t8-,9+,10-/m1/s1. The second kappa shape index (κ2) is 4.83. The van der Waals surface area contributed by atoms with Gasteiger partial charge in [0.1, 0.15) is 18.5 Å². The van der Waals surface area contributed by atoms with Gasteiger partial charge in [-0.1, -0.05) is 0 Å². The molecule has 0 radical (unpaired) electrons. The fourth-order valence-electron chi connectivity index (χ4n) is 2.68. The first kappa shape index (κ1) is 13.8. The third-order valence-corrected chi connectivity index (χ3v) is 3.46. The number of esters is 1. The van der Waals surface area contributed by atoms with E-state index in [0.717, 1.165) is 6.29 Å². The molecular weight excluding hydrogens is 250 g/mol. The van der Waals surface area contributed by atoms with Crippen LogP contribution in [0.1, 0.15) is 27.2 Å². The van der Waals surface area contributed by atoms with Gasteiger partial charge >= 0.3 is 12.1 Å². The van der Waals surface area contributed by atoms with Crippen molar-refractivity contribution in [2.24, 2.45) is 11.8 Å². The first-order chi connectivity index (χ1) is 8.81. The van der Waals surface area contributed by atoms with Crippen molar-refractivity contribution in [2.75, 3.05) is 13.2 Å². The Labute approximate surface area is 112 Å². The van der Waals surface area contributed by atoms with Crippen LogP contribution in [0.4, 0.5) is 4.79 Å². The molecule has 19 heavy (non-hydrogen) atoms. The van der Waals surface area contributed by atoms with Gasteiger partial charge < -0.3 is 19.2 Å². The number of amides is 1. The molecule has 2 rings (SSSR count). The summed E-state index contributed by atoms with van der Waals surface area (Å²) in [7, 11) is 0. The molecule has 0 unspecified atom stereocenters. The third-order valence-electron chi connectivity index (χ3n) is 3.46. The maximum absolute atomic E-state index is 11.9. The summed E-state index contributed by atoms with van der Waals surface area (Å²) < 4.78 is 10.2. The van der Waals surface area contributed by atoms with E-state index in [9.17, 15) is 14.4 Å². The molecule has 2 heterocycles. The normalized spacial score (nSPS) is 29.9. The minimum absolute atomic E-state index is 0.137. The number of hydrogen-bond donors (Lipinski definition) is 0. The zero-order valence-electron chi connectivity index (χ0n) is 11.4. The summed E-state index contributed by atoms with van der Waals surface area (Å²) in [6.45, 7) is 5.97. The highest BCUT2D eigenvalue weighted by Gasteiger charge is 2.49. The summed E-state index contributed by atoms with van der Waals surface area (Å²) in [5, 5.41) is 0. The van der Waals surface area contributed by atoms with Crippen molar-refractivity contribution in [3.63, 3.8) is 0 Å². The van der Waals surface area contributed by atoms with Crippen LogP contribution in [0.3, 0.4) is 0 Å². The number of ether oxygens (including phenoxy) is 2. The van der Waals surface area contributed by atoms with E-state index in [2.05, 4.69) is 0 Å². The highest BCUT2D eigenvalue weighted by molar-refractivity contribution is 5.75. The number of carbonyl (C=O) groups excluding carboxylic acids is 3. The van der Waals surface area contributed by atoms with Gasteiger partial charge in [-0.2, -0.15) is 0 Å². The molecule has 0 aliphatic carbocycles. The number of carbonyl (C=O) groups is 3. The molecule has 0 aromatic heterocycles. The average Bonchev–Trinajstić information content (AvgIpc) is 2.78. The first-order valence-electron chi connectivity index (χ1n) is 6.42. The average molecular weight is 269 g/mol. The Morgan fingerprint density at radius 1 is 1.53 bits per heavy atom. The van der Waals surface area contributed by atoms with Gasteiger partial charge in [-0.15, -0.1) is 0 Å². The van der Waals surface area contributed by atoms with Gasteiger partial charge in [0.15, 0.2) is 0 Å². The van der Waals surface area contributed by atoms with Crippen LogP contribution in [0, 0.1) is 11.8 Å². The van der Waals surface area contributed by atoms with E-state index in [-0.39, 0.29) is 36.9 Å². The lowest BCUT2D eigenvalue weighted by Gasteiger charge is -2.23. The van der Waals surface area contributed by atoms with Crippen molar-refractivity contribution >= 4 is 18.3 Å². The fraction of sp³-hybridized carbons (Fsp3) is 0.769. The van der Waals surface area contributed by atoms with Crippen LogP contribution in [0.5, 0.6) is 0 Å². The number of aldehydes is 1. The van der Waals surface area contributed by atoms with Crippen molar-refractivity contribution in [2.45, 2.75) is 38.8 Å². The lowest BCUT2D eigenvalue weighted by molar-refractivity contribution is -0.156. The fourth-order valence-corrected chi connectivity index (χ4v) is 2.68. The monoisotopic (exact) mass is 269 g/mol. The molecule has 0 bridgehead atoms. The second-order valence-corrected chi connectivity index (χ2v) is 6.05. The van der Waals surface area contributed by atoms with Gasteiger partial charge in [0, 0.05) is 18.4 Å². The van der Waals surface area contributed by atoms with Crippen molar-refractivity contribution in [3.8, 4) is 0 Å². The molecule has 2 saturated heterocycles. The molecule has 2 aliphatic rings. The first-order valence-corrected chi connectivity index (χ1v) is 6.42. The maximum Gasteiger partial charge on any atom is 0.410 e. The SMILES string of the molecule is CC(C)(C)OC(=O)C[C@@H]1[C@H]2COC(=O)N2C[C@@H]1C=O.